The van der Waals surface area contributed by atoms with Gasteiger partial charge < -0.3 is 4.74 Å². The Bertz CT molecular complexity index is 419. The van der Waals surface area contributed by atoms with E-state index in [-0.39, 0.29) is 5.97 Å². The van der Waals surface area contributed by atoms with Crippen LogP contribution in [-0.4, -0.2) is 12.6 Å². The summed E-state index contributed by atoms with van der Waals surface area (Å²) in [5.74, 6) is -0.277. The second-order valence-electron chi connectivity index (χ2n) is 4.39. The Morgan fingerprint density at radius 2 is 2.11 bits per heavy atom. The van der Waals surface area contributed by atoms with Crippen LogP contribution in [0.4, 0.5) is 0 Å². The van der Waals surface area contributed by atoms with Gasteiger partial charge in [-0.2, -0.15) is 0 Å². The van der Waals surface area contributed by atoms with Crippen molar-refractivity contribution in [2.24, 2.45) is 0 Å². The molecule has 2 nitrogen and oxygen atoms in total. The van der Waals surface area contributed by atoms with Crippen molar-refractivity contribution in [1.29, 1.82) is 0 Å². The quantitative estimate of drug-likeness (QED) is 0.562. The minimum Gasteiger partial charge on any atom is -0.463 e. The van der Waals surface area contributed by atoms with E-state index in [1.807, 2.05) is 13.0 Å². The molecule has 0 heterocycles. The Kier molecular flexibility index (Phi) is 6.20. The van der Waals surface area contributed by atoms with Gasteiger partial charge in [0.05, 0.1) is 6.61 Å². The van der Waals surface area contributed by atoms with Gasteiger partial charge in [-0.1, -0.05) is 37.1 Å². The number of hydrogen-bond acceptors (Lipinski definition) is 2. The molecule has 0 saturated heterocycles. The molecule has 0 N–H and O–H groups in total. The summed E-state index contributed by atoms with van der Waals surface area (Å²) in [4.78, 5) is 11.3. The fourth-order valence-corrected chi connectivity index (χ4v) is 1.81. The minimum absolute atomic E-state index is 0.277. The molecule has 0 aromatic heterocycles. The maximum atomic E-state index is 11.3. The van der Waals surface area contributed by atoms with Crippen LogP contribution >= 0.6 is 0 Å². The smallest absolute Gasteiger partial charge is 0.330 e. The third kappa shape index (κ3) is 4.74. The van der Waals surface area contributed by atoms with Gasteiger partial charge in [-0.3, -0.25) is 0 Å². The Balaban J connectivity index is 2.84. The molecule has 0 spiro atoms. The number of carbonyl (C=O) groups is 1. The highest BCUT2D eigenvalue weighted by atomic mass is 16.5. The highest BCUT2D eigenvalue weighted by molar-refractivity contribution is 5.87. The molecule has 1 aromatic carbocycles. The lowest BCUT2D eigenvalue weighted by molar-refractivity contribution is -0.137. The zero-order valence-corrected chi connectivity index (χ0v) is 11.5. The van der Waals surface area contributed by atoms with Gasteiger partial charge in [0, 0.05) is 6.08 Å². The maximum Gasteiger partial charge on any atom is 0.330 e. The van der Waals surface area contributed by atoms with Gasteiger partial charge in [0.2, 0.25) is 0 Å². The number of aryl methyl sites for hydroxylation is 2. The van der Waals surface area contributed by atoms with Crippen molar-refractivity contribution in [1.82, 2.24) is 0 Å². The lowest BCUT2D eigenvalue weighted by atomic mass is 9.99. The first-order valence-corrected chi connectivity index (χ1v) is 6.61. The number of unbranched alkanes of at least 4 members (excludes halogenated alkanes) is 1. The van der Waals surface area contributed by atoms with Crippen molar-refractivity contribution in [3.8, 4) is 0 Å². The summed E-state index contributed by atoms with van der Waals surface area (Å²) in [5, 5.41) is 0. The van der Waals surface area contributed by atoms with E-state index < -0.39 is 0 Å². The topological polar surface area (TPSA) is 26.3 Å². The number of hydrogen-bond donors (Lipinski definition) is 0. The molecule has 0 fully saturated rings. The van der Waals surface area contributed by atoms with Gasteiger partial charge in [0.1, 0.15) is 0 Å². The zero-order chi connectivity index (χ0) is 13.4. The summed E-state index contributed by atoms with van der Waals surface area (Å²) in [6.07, 6.45) is 6.77. The highest BCUT2D eigenvalue weighted by Gasteiger charge is 2.01. The number of esters is 1. The maximum absolute atomic E-state index is 11.3. The van der Waals surface area contributed by atoms with E-state index in [9.17, 15) is 4.79 Å². The van der Waals surface area contributed by atoms with Crippen LogP contribution in [0, 0.1) is 6.92 Å². The molecule has 0 radical (unpaired) electrons. The van der Waals surface area contributed by atoms with E-state index in [1.54, 1.807) is 0 Å². The number of ether oxygens (including phenoxy) is 1. The van der Waals surface area contributed by atoms with Crippen LogP contribution in [-0.2, 0) is 16.0 Å². The molecule has 0 atom stereocenters. The average Bonchev–Trinajstić information content (AvgIpc) is 2.35. The fraction of sp³-hybridized carbons (Fsp3) is 0.438. The zero-order valence-electron chi connectivity index (χ0n) is 11.5. The Labute approximate surface area is 110 Å². The van der Waals surface area contributed by atoms with Crippen molar-refractivity contribution in [2.75, 3.05) is 6.61 Å². The molecule has 98 valence electrons. The van der Waals surface area contributed by atoms with Crippen LogP contribution in [0.5, 0.6) is 0 Å². The van der Waals surface area contributed by atoms with Gasteiger partial charge in [0.25, 0.3) is 0 Å². The van der Waals surface area contributed by atoms with E-state index in [4.69, 9.17) is 4.74 Å². The molecule has 1 aromatic rings. The lowest BCUT2D eigenvalue weighted by Gasteiger charge is -2.06. The normalized spacial score (nSPS) is 10.8. The molecule has 2 heteroatoms. The summed E-state index contributed by atoms with van der Waals surface area (Å²) >= 11 is 0. The molecule has 0 aliphatic carbocycles. The molecule has 0 unspecified atom stereocenters. The van der Waals surface area contributed by atoms with Crippen LogP contribution in [0.1, 0.15) is 43.4 Å². The predicted molar refractivity (Wildman–Crippen MR) is 75.5 cm³/mol. The Hall–Kier alpha value is -1.57. The first-order chi connectivity index (χ1) is 8.67. The molecule has 18 heavy (non-hydrogen) atoms. The summed E-state index contributed by atoms with van der Waals surface area (Å²) in [7, 11) is 0. The number of carbonyl (C=O) groups excluding carboxylic acids is 1. The molecular formula is C16H22O2. The molecular weight excluding hydrogens is 224 g/mol. The van der Waals surface area contributed by atoms with Crippen LogP contribution in [0.15, 0.2) is 24.3 Å². The molecule has 0 aliphatic rings. The Morgan fingerprint density at radius 3 is 2.78 bits per heavy atom. The van der Waals surface area contributed by atoms with E-state index in [0.29, 0.717) is 6.61 Å². The summed E-state index contributed by atoms with van der Waals surface area (Å²) in [5.41, 5.74) is 3.62. The first kappa shape index (κ1) is 14.5. The van der Waals surface area contributed by atoms with Crippen molar-refractivity contribution in [2.45, 2.75) is 40.0 Å². The minimum atomic E-state index is -0.277. The van der Waals surface area contributed by atoms with Gasteiger partial charge in [-0.05, 0) is 43.9 Å². The highest BCUT2D eigenvalue weighted by Crippen LogP contribution is 2.16. The number of benzene rings is 1. The monoisotopic (exact) mass is 246 g/mol. The molecule has 0 aliphatic heterocycles. The molecule has 0 saturated carbocycles. The second kappa shape index (κ2) is 7.70. The second-order valence-corrected chi connectivity index (χ2v) is 4.39. The average molecular weight is 246 g/mol. The van der Waals surface area contributed by atoms with Crippen LogP contribution in [0.3, 0.4) is 0 Å². The number of rotatable bonds is 6. The van der Waals surface area contributed by atoms with Crippen molar-refractivity contribution in [3.05, 3.63) is 41.0 Å². The summed E-state index contributed by atoms with van der Waals surface area (Å²) in [6, 6.07) is 6.38. The van der Waals surface area contributed by atoms with Crippen molar-refractivity contribution in [3.63, 3.8) is 0 Å². The van der Waals surface area contributed by atoms with Gasteiger partial charge in [-0.25, -0.2) is 4.79 Å². The third-order valence-electron chi connectivity index (χ3n) is 2.79. The van der Waals surface area contributed by atoms with Crippen LogP contribution < -0.4 is 0 Å². The van der Waals surface area contributed by atoms with Gasteiger partial charge in [-0.15, -0.1) is 0 Å². The summed E-state index contributed by atoms with van der Waals surface area (Å²) < 4.78 is 4.89. The predicted octanol–water partition coefficient (Wildman–Crippen LogP) is 3.91. The van der Waals surface area contributed by atoms with Crippen molar-refractivity contribution < 1.29 is 9.53 Å². The van der Waals surface area contributed by atoms with E-state index in [1.165, 1.54) is 30.0 Å². The standard InChI is InChI=1S/C16H22O2/c1-4-6-7-14-9-8-13(3)12-15(14)10-11-16(17)18-5-2/h8-12H,4-7H2,1-3H3/b11-10+. The van der Waals surface area contributed by atoms with Gasteiger partial charge >= 0.3 is 5.97 Å². The third-order valence-corrected chi connectivity index (χ3v) is 2.79. The lowest BCUT2D eigenvalue weighted by Crippen LogP contribution is -1.99. The van der Waals surface area contributed by atoms with Crippen LogP contribution in [0.2, 0.25) is 0 Å². The SMILES string of the molecule is CCCCc1ccc(C)cc1/C=C/C(=O)OCC. The van der Waals surface area contributed by atoms with E-state index in [2.05, 4.69) is 32.0 Å². The van der Waals surface area contributed by atoms with Gasteiger partial charge in [0.15, 0.2) is 0 Å². The van der Waals surface area contributed by atoms with Crippen LogP contribution in [0.25, 0.3) is 6.08 Å². The molecule has 0 bridgehead atoms. The fourth-order valence-electron chi connectivity index (χ4n) is 1.81. The van der Waals surface area contributed by atoms with E-state index >= 15 is 0 Å². The van der Waals surface area contributed by atoms with E-state index in [0.717, 1.165) is 12.0 Å². The first-order valence-electron chi connectivity index (χ1n) is 6.61. The van der Waals surface area contributed by atoms with Crippen molar-refractivity contribution >= 4 is 12.0 Å². The largest absolute Gasteiger partial charge is 0.463 e. The Morgan fingerprint density at radius 1 is 1.33 bits per heavy atom. The molecule has 0 amide bonds. The molecule has 1 rings (SSSR count). The summed E-state index contributed by atoms with van der Waals surface area (Å²) in [6.45, 7) is 6.47.